The van der Waals surface area contributed by atoms with Crippen LogP contribution in [-0.4, -0.2) is 23.1 Å². The van der Waals surface area contributed by atoms with Crippen molar-refractivity contribution in [2.45, 2.75) is 32.4 Å². The number of hydrogen-bond donors (Lipinski definition) is 1. The number of rotatable bonds is 3. The Hall–Kier alpha value is -0.510. The normalized spacial score (nSPS) is 13.2. The van der Waals surface area contributed by atoms with Crippen molar-refractivity contribution in [1.29, 1.82) is 0 Å². The van der Waals surface area contributed by atoms with Crippen molar-refractivity contribution in [2.75, 3.05) is 5.33 Å². The lowest BCUT2D eigenvalue weighted by atomic mass is 10.2. The lowest BCUT2D eigenvalue weighted by Crippen LogP contribution is -2.38. The van der Waals surface area contributed by atoms with Gasteiger partial charge in [0, 0.05) is 5.33 Å². The van der Waals surface area contributed by atoms with Gasteiger partial charge in [0.05, 0.1) is 6.04 Å². The Morgan fingerprint density at radius 2 is 2.23 bits per heavy atom. The van der Waals surface area contributed by atoms with E-state index in [1.54, 1.807) is 6.08 Å². The Labute approximate surface area is 87.7 Å². The first-order valence-electron chi connectivity index (χ1n) is 4.07. The maximum atomic E-state index is 11.2. The molecule has 0 rings (SSSR count). The van der Waals surface area contributed by atoms with Gasteiger partial charge < -0.3 is 10.1 Å². The zero-order valence-electron chi connectivity index (χ0n) is 8.26. The number of halogens is 1. The molecule has 0 radical (unpaired) electrons. The van der Waals surface area contributed by atoms with Crippen molar-refractivity contribution in [3.63, 3.8) is 0 Å². The van der Waals surface area contributed by atoms with Crippen LogP contribution < -0.4 is 5.32 Å². The topological polar surface area (TPSA) is 38.3 Å². The number of carbonyl (C=O) groups excluding carboxylic acids is 1. The summed E-state index contributed by atoms with van der Waals surface area (Å²) in [5.41, 5.74) is -0.456. The van der Waals surface area contributed by atoms with Gasteiger partial charge in [-0.3, -0.25) is 0 Å². The van der Waals surface area contributed by atoms with Gasteiger partial charge in [0.2, 0.25) is 0 Å². The molecular formula is C9H16BrNO2. The number of ether oxygens (including phenoxy) is 1. The summed E-state index contributed by atoms with van der Waals surface area (Å²) >= 11 is 3.24. The van der Waals surface area contributed by atoms with Gasteiger partial charge in [-0.05, 0) is 20.8 Å². The van der Waals surface area contributed by atoms with E-state index >= 15 is 0 Å². The molecule has 76 valence electrons. The van der Waals surface area contributed by atoms with E-state index in [4.69, 9.17) is 4.74 Å². The number of alkyl carbamates (subject to hydrolysis) is 1. The summed E-state index contributed by atoms with van der Waals surface area (Å²) in [6, 6.07) is -0.0881. The predicted molar refractivity (Wildman–Crippen MR) is 57.1 cm³/mol. The highest BCUT2D eigenvalue weighted by Crippen LogP contribution is 2.07. The number of nitrogens with one attached hydrogen (secondary N) is 1. The molecule has 4 heteroatoms. The minimum Gasteiger partial charge on any atom is -0.444 e. The van der Waals surface area contributed by atoms with Crippen molar-refractivity contribution in [2.24, 2.45) is 0 Å². The van der Waals surface area contributed by atoms with Gasteiger partial charge in [0.25, 0.3) is 0 Å². The van der Waals surface area contributed by atoms with Crippen molar-refractivity contribution in [3.05, 3.63) is 12.7 Å². The van der Waals surface area contributed by atoms with Gasteiger partial charge in [-0.25, -0.2) is 4.79 Å². The molecule has 0 aliphatic heterocycles. The van der Waals surface area contributed by atoms with Gasteiger partial charge >= 0.3 is 6.09 Å². The standard InChI is InChI=1S/C9H16BrNO2/c1-5-7(6-10)11-8(12)13-9(2,3)4/h5,7H,1,6H2,2-4H3,(H,11,12)/t7-/m1/s1. The molecule has 0 bridgehead atoms. The first-order valence-corrected chi connectivity index (χ1v) is 5.19. The Kier molecular flexibility index (Phi) is 5.06. The maximum Gasteiger partial charge on any atom is 0.408 e. The van der Waals surface area contributed by atoms with Crippen molar-refractivity contribution < 1.29 is 9.53 Å². The molecule has 0 saturated carbocycles. The highest BCUT2D eigenvalue weighted by atomic mass is 79.9. The molecule has 0 aliphatic carbocycles. The largest absolute Gasteiger partial charge is 0.444 e. The second-order valence-corrected chi connectivity index (χ2v) is 4.29. The predicted octanol–water partition coefficient (Wildman–Crippen LogP) is 2.46. The van der Waals surface area contributed by atoms with Gasteiger partial charge in [-0.15, -0.1) is 6.58 Å². The maximum absolute atomic E-state index is 11.2. The van der Waals surface area contributed by atoms with Crippen LogP contribution in [0, 0.1) is 0 Å². The second kappa shape index (κ2) is 5.27. The van der Waals surface area contributed by atoms with Crippen LogP contribution in [0.4, 0.5) is 4.79 Å². The first-order chi connectivity index (χ1) is 5.89. The Balaban J connectivity index is 3.93. The highest BCUT2D eigenvalue weighted by molar-refractivity contribution is 9.09. The van der Waals surface area contributed by atoms with Crippen LogP contribution in [0.3, 0.4) is 0 Å². The molecular weight excluding hydrogens is 234 g/mol. The summed E-state index contributed by atoms with van der Waals surface area (Å²) in [6.07, 6.45) is 1.23. The van der Waals surface area contributed by atoms with Gasteiger partial charge in [0.1, 0.15) is 5.60 Å². The third-order valence-corrected chi connectivity index (χ3v) is 1.85. The van der Waals surface area contributed by atoms with Crippen LogP contribution in [0.25, 0.3) is 0 Å². The van der Waals surface area contributed by atoms with Gasteiger partial charge in [-0.1, -0.05) is 22.0 Å². The Morgan fingerprint density at radius 1 is 1.69 bits per heavy atom. The monoisotopic (exact) mass is 249 g/mol. The summed E-state index contributed by atoms with van der Waals surface area (Å²) < 4.78 is 5.05. The molecule has 0 unspecified atom stereocenters. The van der Waals surface area contributed by atoms with Crippen molar-refractivity contribution >= 4 is 22.0 Å². The number of alkyl halides is 1. The molecule has 0 aromatic carbocycles. The molecule has 1 N–H and O–H groups in total. The molecule has 1 atom stereocenters. The summed E-state index contributed by atoms with van der Waals surface area (Å²) in [6.45, 7) is 9.05. The third-order valence-electron chi connectivity index (χ3n) is 1.15. The molecule has 0 aliphatic rings. The van der Waals surface area contributed by atoms with E-state index in [0.29, 0.717) is 5.33 Å². The highest BCUT2D eigenvalue weighted by Gasteiger charge is 2.17. The summed E-state index contributed by atoms with van der Waals surface area (Å²) in [4.78, 5) is 11.2. The van der Waals surface area contributed by atoms with Crippen molar-refractivity contribution in [1.82, 2.24) is 5.32 Å². The van der Waals surface area contributed by atoms with E-state index in [-0.39, 0.29) is 6.04 Å². The van der Waals surface area contributed by atoms with Crippen LogP contribution in [-0.2, 0) is 4.74 Å². The first kappa shape index (κ1) is 12.5. The molecule has 0 fully saturated rings. The van der Waals surface area contributed by atoms with E-state index < -0.39 is 11.7 Å². The third kappa shape index (κ3) is 6.63. The minimum absolute atomic E-state index is 0.0881. The smallest absolute Gasteiger partial charge is 0.408 e. The quantitative estimate of drug-likeness (QED) is 0.617. The van der Waals surface area contributed by atoms with Gasteiger partial charge in [0.15, 0.2) is 0 Å². The van der Waals surface area contributed by atoms with Crippen LogP contribution in [0.5, 0.6) is 0 Å². The van der Waals surface area contributed by atoms with Crippen molar-refractivity contribution in [3.8, 4) is 0 Å². The Morgan fingerprint density at radius 3 is 2.54 bits per heavy atom. The van der Waals surface area contributed by atoms with Crippen LogP contribution in [0.1, 0.15) is 20.8 Å². The fourth-order valence-corrected chi connectivity index (χ4v) is 1.05. The summed E-state index contributed by atoms with van der Waals surface area (Å²) in [5.74, 6) is 0. The zero-order chi connectivity index (χ0) is 10.5. The van der Waals surface area contributed by atoms with E-state index in [1.807, 2.05) is 20.8 Å². The van der Waals surface area contributed by atoms with Crippen LogP contribution in [0.2, 0.25) is 0 Å². The molecule has 0 spiro atoms. The zero-order valence-corrected chi connectivity index (χ0v) is 9.85. The van der Waals surface area contributed by atoms with E-state index in [0.717, 1.165) is 0 Å². The molecule has 0 saturated heterocycles. The molecule has 0 heterocycles. The Bertz CT molecular complexity index is 187. The SMILES string of the molecule is C=C[C@H](CBr)NC(=O)OC(C)(C)C. The second-order valence-electron chi connectivity index (χ2n) is 3.64. The lowest BCUT2D eigenvalue weighted by molar-refractivity contribution is 0.0519. The number of carbonyl (C=O) groups is 1. The molecule has 13 heavy (non-hydrogen) atoms. The lowest BCUT2D eigenvalue weighted by Gasteiger charge is -2.21. The summed E-state index contributed by atoms with van der Waals surface area (Å²) in [7, 11) is 0. The summed E-state index contributed by atoms with van der Waals surface area (Å²) in [5, 5.41) is 3.28. The fourth-order valence-electron chi connectivity index (χ4n) is 0.619. The minimum atomic E-state index is -0.456. The van der Waals surface area contributed by atoms with Crippen LogP contribution >= 0.6 is 15.9 Å². The molecule has 3 nitrogen and oxygen atoms in total. The average Bonchev–Trinajstić information content (AvgIpc) is 1.96. The average molecular weight is 250 g/mol. The fraction of sp³-hybridized carbons (Fsp3) is 0.667. The van der Waals surface area contributed by atoms with E-state index in [9.17, 15) is 4.79 Å². The molecule has 0 aromatic rings. The van der Waals surface area contributed by atoms with E-state index in [2.05, 4.69) is 27.8 Å². The molecule has 0 aromatic heterocycles. The molecule has 1 amide bonds. The van der Waals surface area contributed by atoms with Crippen LogP contribution in [0.15, 0.2) is 12.7 Å². The number of amides is 1. The van der Waals surface area contributed by atoms with E-state index in [1.165, 1.54) is 0 Å². The number of hydrogen-bond acceptors (Lipinski definition) is 2. The van der Waals surface area contributed by atoms with Gasteiger partial charge in [-0.2, -0.15) is 0 Å².